The van der Waals surface area contributed by atoms with Crippen molar-refractivity contribution < 1.29 is 57.1 Å². The predicted octanol–water partition coefficient (Wildman–Crippen LogP) is 9.29. The summed E-state index contributed by atoms with van der Waals surface area (Å²) in [6, 6.07) is 9.00. The van der Waals surface area contributed by atoms with Crippen molar-refractivity contribution in [1.82, 2.24) is 0 Å². The Balaban J connectivity index is 2.26. The maximum Gasteiger partial charge on any atom is 0.422 e. The van der Waals surface area contributed by atoms with E-state index in [1.165, 1.54) is 24.3 Å². The van der Waals surface area contributed by atoms with E-state index in [2.05, 4.69) is 0 Å². The largest absolute Gasteiger partial charge is 0.422 e. The number of nitrogens with zero attached hydrogens (tertiary/aromatic N) is 5. The van der Waals surface area contributed by atoms with E-state index in [1.54, 1.807) is 0 Å². The van der Waals surface area contributed by atoms with Crippen molar-refractivity contribution in [2.24, 2.45) is 0 Å². The van der Waals surface area contributed by atoms with Gasteiger partial charge in [0.15, 0.2) is 23.3 Å². The van der Waals surface area contributed by atoms with Gasteiger partial charge in [-0.3, -0.25) is 0 Å². The summed E-state index contributed by atoms with van der Waals surface area (Å²) >= 11 is 0. The minimum atomic E-state index is -6.02. The summed E-state index contributed by atoms with van der Waals surface area (Å²) in [6.45, 7) is 0. The molecule has 0 amide bonds. The second-order valence-electron chi connectivity index (χ2n) is 9.83. The third-order valence-electron chi connectivity index (χ3n) is 7.04. The van der Waals surface area contributed by atoms with Crippen LogP contribution < -0.4 is 0 Å². The molecule has 4 rings (SSSR count). The Hall–Kier alpha value is -6.58. The third kappa shape index (κ3) is 6.09. The Morgan fingerprint density at radius 2 is 0.800 bits per heavy atom. The first-order chi connectivity index (χ1) is 23.2. The summed E-state index contributed by atoms with van der Waals surface area (Å²) < 4.78 is 179. The van der Waals surface area contributed by atoms with Gasteiger partial charge in [0.05, 0.1) is 56.7 Å². The Kier molecular flexibility index (Phi) is 9.04. The second-order valence-corrected chi connectivity index (χ2v) is 9.83. The first kappa shape index (κ1) is 36.3. The highest BCUT2D eigenvalue weighted by Gasteiger charge is 2.47. The number of rotatable bonds is 3. The van der Waals surface area contributed by atoms with E-state index < -0.39 is 120 Å². The van der Waals surface area contributed by atoms with Gasteiger partial charge >= 0.3 is 18.5 Å². The van der Waals surface area contributed by atoms with E-state index in [-0.39, 0.29) is 12.1 Å². The molecule has 0 spiro atoms. The highest BCUT2D eigenvalue weighted by Crippen LogP contribution is 2.57. The van der Waals surface area contributed by atoms with Crippen LogP contribution in [0.5, 0.6) is 0 Å². The number of alkyl halides is 9. The zero-order valence-electron chi connectivity index (χ0n) is 23.6. The Morgan fingerprint density at radius 3 is 1.08 bits per heavy atom. The highest BCUT2D eigenvalue weighted by molar-refractivity contribution is 6.12. The van der Waals surface area contributed by atoms with Crippen LogP contribution in [0, 0.1) is 79.9 Å². The number of benzene rings is 3. The van der Waals surface area contributed by atoms with Gasteiger partial charge in [0, 0.05) is 27.8 Å². The maximum absolute atomic E-state index is 15.1. The van der Waals surface area contributed by atoms with Gasteiger partial charge < -0.3 is 0 Å². The molecule has 0 aromatic heterocycles. The molecule has 3 aromatic rings. The van der Waals surface area contributed by atoms with Crippen LogP contribution in [0.2, 0.25) is 0 Å². The van der Waals surface area contributed by atoms with E-state index in [1.807, 2.05) is 0 Å². The lowest BCUT2D eigenvalue weighted by Gasteiger charge is -2.13. The number of hydrogen-bond acceptors (Lipinski definition) is 5. The molecule has 0 bridgehead atoms. The minimum Gasteiger partial charge on any atom is -0.203 e. The fourth-order valence-electron chi connectivity index (χ4n) is 4.84. The molecule has 1 aliphatic rings. The van der Waals surface area contributed by atoms with Gasteiger partial charge in [-0.1, -0.05) is 12.1 Å². The van der Waals surface area contributed by atoms with Crippen molar-refractivity contribution in [3.8, 4) is 30.3 Å². The Morgan fingerprint density at radius 1 is 0.460 bits per heavy atom. The summed E-state index contributed by atoms with van der Waals surface area (Å²) in [7, 11) is 0. The smallest absolute Gasteiger partial charge is 0.203 e. The molecular formula is C32H6F13N5. The van der Waals surface area contributed by atoms with Gasteiger partial charge in [-0.2, -0.15) is 65.8 Å². The van der Waals surface area contributed by atoms with Crippen LogP contribution in [0.3, 0.4) is 0 Å². The van der Waals surface area contributed by atoms with Crippen molar-refractivity contribution in [3.05, 3.63) is 121 Å². The van der Waals surface area contributed by atoms with Gasteiger partial charge in [-0.05, 0) is 24.3 Å². The summed E-state index contributed by atoms with van der Waals surface area (Å²) in [5.74, 6) is -11.6. The van der Waals surface area contributed by atoms with Crippen LogP contribution in [0.15, 0.2) is 53.1 Å². The molecule has 0 saturated heterocycles. The third-order valence-corrected chi connectivity index (χ3v) is 7.04. The normalized spacial score (nSPS) is 15.9. The average Bonchev–Trinajstić information content (AvgIpc) is 3.75. The van der Waals surface area contributed by atoms with Crippen molar-refractivity contribution in [1.29, 1.82) is 26.3 Å². The molecule has 0 radical (unpaired) electrons. The van der Waals surface area contributed by atoms with Crippen LogP contribution in [-0.4, -0.2) is 0 Å². The van der Waals surface area contributed by atoms with Crippen molar-refractivity contribution in [3.63, 3.8) is 0 Å². The van der Waals surface area contributed by atoms with Crippen LogP contribution in [-0.2, 0) is 18.5 Å². The van der Waals surface area contributed by atoms with Crippen molar-refractivity contribution in [2.45, 2.75) is 18.5 Å². The van der Waals surface area contributed by atoms with Crippen LogP contribution in [0.1, 0.15) is 44.5 Å². The molecule has 0 atom stereocenters. The molecule has 0 N–H and O–H groups in total. The van der Waals surface area contributed by atoms with E-state index in [9.17, 15) is 74.6 Å². The Labute approximate surface area is 270 Å². The van der Waals surface area contributed by atoms with Crippen molar-refractivity contribution in [2.75, 3.05) is 0 Å². The monoisotopic (exact) mass is 707 g/mol. The zero-order valence-corrected chi connectivity index (χ0v) is 23.6. The quantitative estimate of drug-likeness (QED) is 0.153. The lowest BCUT2D eigenvalue weighted by atomic mass is 9.96. The van der Waals surface area contributed by atoms with E-state index in [0.29, 0.717) is 24.3 Å². The molecule has 250 valence electrons. The van der Waals surface area contributed by atoms with Crippen LogP contribution in [0.4, 0.5) is 57.1 Å². The van der Waals surface area contributed by atoms with Crippen LogP contribution in [0.25, 0.3) is 16.7 Å². The number of halogens is 13. The SMILES string of the molecule is N#CC(=C1C(=C(/C#N)c2ccc(C(F)(F)F)cc2C#N)/C1=C(/C#N)c1c(F)c(F)c(C(F)(F)F)c(F)c1F)c1ccc(C(F)(F)F)cc1C#N. The van der Waals surface area contributed by atoms with Gasteiger partial charge in [0.2, 0.25) is 0 Å². The molecule has 1 fully saturated rings. The maximum atomic E-state index is 15.1. The molecule has 18 heteroatoms. The molecule has 0 heterocycles. The van der Waals surface area contributed by atoms with Gasteiger partial charge in [0.25, 0.3) is 0 Å². The Bertz CT molecular complexity index is 2180. The number of allylic oxidation sites excluding steroid dienone is 6. The number of nitriles is 5. The first-order valence-corrected chi connectivity index (χ1v) is 12.8. The summed E-state index contributed by atoms with van der Waals surface area (Å²) in [5, 5.41) is 49.1. The molecule has 0 unspecified atom stereocenters. The van der Waals surface area contributed by atoms with Gasteiger partial charge in [-0.25, -0.2) is 17.6 Å². The standard InChI is InChI=1S/C32H6F13N5/c33-26-24(27(34)29(36)25(28(26)35)32(43,44)45)20(11-50)23-21(18(9-48)16-3-1-14(30(37,38)39)5-12(16)7-46)22(23)19(10-49)17-4-2-15(31(40,41)42)6-13(17)8-47/h1-6H/b21-18+,22-19?,23-20+. The number of hydrogen-bond donors (Lipinski definition) is 0. The lowest BCUT2D eigenvalue weighted by Crippen LogP contribution is -2.17. The highest BCUT2D eigenvalue weighted by atomic mass is 19.4. The second kappa shape index (κ2) is 12.5. The predicted molar refractivity (Wildman–Crippen MR) is 141 cm³/mol. The summed E-state index contributed by atoms with van der Waals surface area (Å²) in [6.07, 6.45) is -16.1. The van der Waals surface area contributed by atoms with E-state index >= 15 is 8.78 Å². The molecule has 0 aliphatic heterocycles. The molecular weight excluding hydrogens is 701 g/mol. The summed E-state index contributed by atoms with van der Waals surface area (Å²) in [4.78, 5) is 0. The fourth-order valence-corrected chi connectivity index (χ4v) is 4.84. The van der Waals surface area contributed by atoms with Crippen molar-refractivity contribution >= 4 is 16.7 Å². The van der Waals surface area contributed by atoms with Gasteiger partial charge in [0.1, 0.15) is 23.8 Å². The minimum absolute atomic E-state index is 0.252. The molecule has 50 heavy (non-hydrogen) atoms. The van der Waals surface area contributed by atoms with E-state index in [4.69, 9.17) is 0 Å². The van der Waals surface area contributed by atoms with E-state index in [0.717, 1.165) is 6.07 Å². The lowest BCUT2D eigenvalue weighted by molar-refractivity contribution is -0.143. The topological polar surface area (TPSA) is 119 Å². The molecule has 5 nitrogen and oxygen atoms in total. The zero-order chi connectivity index (χ0) is 37.7. The van der Waals surface area contributed by atoms with Gasteiger partial charge in [-0.15, -0.1) is 0 Å². The first-order valence-electron chi connectivity index (χ1n) is 12.8. The fraction of sp³-hybridized carbons (Fsp3) is 0.0938. The summed E-state index contributed by atoms with van der Waals surface area (Å²) in [5.41, 5.74) is -17.4. The van der Waals surface area contributed by atoms with Crippen LogP contribution >= 0.6 is 0 Å². The average molecular weight is 707 g/mol. The molecule has 1 saturated carbocycles. The molecule has 1 aliphatic carbocycles. The molecule has 3 aromatic carbocycles.